The highest BCUT2D eigenvalue weighted by Crippen LogP contribution is 2.36. The Bertz CT molecular complexity index is 792. The van der Waals surface area contributed by atoms with Crippen LogP contribution in [-0.4, -0.2) is 25.3 Å². The zero-order chi connectivity index (χ0) is 19.1. The molecule has 0 radical (unpaired) electrons. The van der Waals surface area contributed by atoms with Crippen LogP contribution < -0.4 is 14.9 Å². The standard InChI is InChI=1S/C19H20BrClN2O3/c1-12(2)26-19-16(20)8-14(9-17(19)25-3)11-22-23-18(24)10-13-4-6-15(21)7-5-13/h4-9,11-12H,10H2,1-3H3,(H,23,24)/b22-11-. The Morgan fingerprint density at radius 3 is 2.62 bits per heavy atom. The summed E-state index contributed by atoms with van der Waals surface area (Å²) in [6.07, 6.45) is 1.79. The maximum absolute atomic E-state index is 11.9. The number of hydrazone groups is 1. The van der Waals surface area contributed by atoms with Crippen molar-refractivity contribution in [3.8, 4) is 11.5 Å². The van der Waals surface area contributed by atoms with Gasteiger partial charge in [0.1, 0.15) is 0 Å². The Hall–Kier alpha value is -2.05. The van der Waals surface area contributed by atoms with E-state index in [1.807, 2.05) is 19.9 Å². The Labute approximate surface area is 166 Å². The van der Waals surface area contributed by atoms with E-state index in [4.69, 9.17) is 21.1 Å². The van der Waals surface area contributed by atoms with Crippen molar-refractivity contribution in [2.75, 3.05) is 7.11 Å². The minimum atomic E-state index is -0.214. The van der Waals surface area contributed by atoms with Crippen LogP contribution in [0, 0.1) is 0 Å². The molecule has 0 aliphatic carbocycles. The molecule has 138 valence electrons. The zero-order valence-corrected chi connectivity index (χ0v) is 17.1. The molecule has 7 heteroatoms. The summed E-state index contributed by atoms with van der Waals surface area (Å²) >= 11 is 9.30. The molecule has 0 unspecified atom stereocenters. The molecule has 0 heterocycles. The molecule has 0 spiro atoms. The number of carbonyl (C=O) groups is 1. The fourth-order valence-corrected chi connectivity index (χ4v) is 2.85. The number of nitrogens with zero attached hydrogens (tertiary/aromatic N) is 1. The summed E-state index contributed by atoms with van der Waals surface area (Å²) in [5.74, 6) is 1.00. The molecule has 1 amide bonds. The van der Waals surface area contributed by atoms with Crippen LogP contribution in [0.15, 0.2) is 46.0 Å². The third kappa shape index (κ3) is 6.04. The first kappa shape index (κ1) is 20.3. The van der Waals surface area contributed by atoms with E-state index >= 15 is 0 Å². The molecule has 5 nitrogen and oxygen atoms in total. The number of hydrogen-bond acceptors (Lipinski definition) is 4. The van der Waals surface area contributed by atoms with E-state index < -0.39 is 0 Å². The average molecular weight is 440 g/mol. The number of amides is 1. The first-order chi connectivity index (χ1) is 12.4. The highest BCUT2D eigenvalue weighted by atomic mass is 79.9. The van der Waals surface area contributed by atoms with Gasteiger partial charge in [0.05, 0.1) is 30.3 Å². The molecule has 0 aliphatic rings. The Balaban J connectivity index is 2.02. The van der Waals surface area contributed by atoms with Gasteiger partial charge in [0.2, 0.25) is 5.91 Å². The van der Waals surface area contributed by atoms with E-state index in [2.05, 4.69) is 26.5 Å². The third-order valence-corrected chi connectivity index (χ3v) is 4.13. The minimum Gasteiger partial charge on any atom is -0.493 e. The van der Waals surface area contributed by atoms with Crippen molar-refractivity contribution in [3.05, 3.63) is 57.0 Å². The van der Waals surface area contributed by atoms with Crippen LogP contribution in [0.2, 0.25) is 5.02 Å². The van der Waals surface area contributed by atoms with Crippen LogP contribution in [0.1, 0.15) is 25.0 Å². The van der Waals surface area contributed by atoms with Gasteiger partial charge in [-0.25, -0.2) is 5.43 Å². The fraction of sp³-hybridized carbons (Fsp3) is 0.263. The Morgan fingerprint density at radius 1 is 1.31 bits per heavy atom. The smallest absolute Gasteiger partial charge is 0.244 e. The van der Waals surface area contributed by atoms with E-state index in [-0.39, 0.29) is 18.4 Å². The lowest BCUT2D eigenvalue weighted by Gasteiger charge is -2.15. The molecular formula is C19H20BrClN2O3. The monoisotopic (exact) mass is 438 g/mol. The van der Waals surface area contributed by atoms with Crippen molar-refractivity contribution in [1.82, 2.24) is 5.43 Å². The van der Waals surface area contributed by atoms with E-state index in [9.17, 15) is 4.79 Å². The van der Waals surface area contributed by atoms with Crippen molar-refractivity contribution >= 4 is 39.7 Å². The summed E-state index contributed by atoms with van der Waals surface area (Å²) in [5, 5.41) is 4.63. The second kappa shape index (κ2) is 9.59. The van der Waals surface area contributed by atoms with Crippen LogP contribution in [0.25, 0.3) is 0 Å². The maximum Gasteiger partial charge on any atom is 0.244 e. The number of rotatable bonds is 7. The predicted octanol–water partition coefficient (Wildman–Crippen LogP) is 4.59. The molecule has 0 bridgehead atoms. The highest BCUT2D eigenvalue weighted by Gasteiger charge is 2.12. The first-order valence-corrected chi connectivity index (χ1v) is 9.16. The average Bonchev–Trinajstić information content (AvgIpc) is 2.58. The van der Waals surface area contributed by atoms with Gasteiger partial charge in [0.25, 0.3) is 0 Å². The van der Waals surface area contributed by atoms with Crippen molar-refractivity contribution in [2.24, 2.45) is 5.10 Å². The summed E-state index contributed by atoms with van der Waals surface area (Å²) in [7, 11) is 1.57. The summed E-state index contributed by atoms with van der Waals surface area (Å²) < 4.78 is 11.9. The normalized spacial score (nSPS) is 11.0. The van der Waals surface area contributed by atoms with E-state index in [1.54, 1.807) is 43.7 Å². The van der Waals surface area contributed by atoms with Gasteiger partial charge in [0, 0.05) is 5.02 Å². The summed E-state index contributed by atoms with van der Waals surface area (Å²) in [6, 6.07) is 10.7. The van der Waals surface area contributed by atoms with Crippen LogP contribution >= 0.6 is 27.5 Å². The summed E-state index contributed by atoms with van der Waals surface area (Å²) in [6.45, 7) is 3.88. The van der Waals surface area contributed by atoms with Crippen LogP contribution in [0.3, 0.4) is 0 Å². The molecule has 0 aliphatic heterocycles. The molecule has 0 aromatic heterocycles. The number of methoxy groups -OCH3 is 1. The van der Waals surface area contributed by atoms with E-state index in [1.165, 1.54) is 0 Å². The largest absolute Gasteiger partial charge is 0.493 e. The van der Waals surface area contributed by atoms with Crippen molar-refractivity contribution in [2.45, 2.75) is 26.4 Å². The Morgan fingerprint density at radius 2 is 2.00 bits per heavy atom. The SMILES string of the molecule is COc1cc(/C=N\NC(=O)Cc2ccc(Cl)cc2)cc(Br)c1OC(C)C. The minimum absolute atomic E-state index is 0.0203. The van der Waals surface area contributed by atoms with Gasteiger partial charge < -0.3 is 9.47 Å². The molecule has 0 fully saturated rings. The molecule has 26 heavy (non-hydrogen) atoms. The topological polar surface area (TPSA) is 59.9 Å². The fourth-order valence-electron chi connectivity index (χ4n) is 2.17. The van der Waals surface area contributed by atoms with Crippen molar-refractivity contribution < 1.29 is 14.3 Å². The molecule has 0 saturated heterocycles. The van der Waals surface area contributed by atoms with Crippen LogP contribution in [0.5, 0.6) is 11.5 Å². The summed E-state index contributed by atoms with van der Waals surface area (Å²) in [4.78, 5) is 11.9. The third-order valence-electron chi connectivity index (χ3n) is 3.29. The lowest BCUT2D eigenvalue weighted by Crippen LogP contribution is -2.19. The van der Waals surface area contributed by atoms with E-state index in [0.29, 0.717) is 16.5 Å². The molecule has 1 N–H and O–H groups in total. The number of nitrogens with one attached hydrogen (secondary N) is 1. The lowest BCUT2D eigenvalue weighted by atomic mass is 10.1. The molecule has 2 aromatic carbocycles. The van der Waals surface area contributed by atoms with Gasteiger partial charge in [-0.1, -0.05) is 23.7 Å². The van der Waals surface area contributed by atoms with Gasteiger partial charge in [-0.3, -0.25) is 4.79 Å². The van der Waals surface area contributed by atoms with Gasteiger partial charge in [-0.2, -0.15) is 5.10 Å². The van der Waals surface area contributed by atoms with Crippen molar-refractivity contribution in [3.63, 3.8) is 0 Å². The van der Waals surface area contributed by atoms with Gasteiger partial charge in [-0.15, -0.1) is 0 Å². The number of hydrogen-bond donors (Lipinski definition) is 1. The van der Waals surface area contributed by atoms with Crippen molar-refractivity contribution in [1.29, 1.82) is 0 Å². The maximum atomic E-state index is 11.9. The molecule has 2 aromatic rings. The van der Waals surface area contributed by atoms with Crippen LogP contribution in [0.4, 0.5) is 0 Å². The number of carbonyl (C=O) groups excluding carboxylic acids is 1. The first-order valence-electron chi connectivity index (χ1n) is 7.99. The predicted molar refractivity (Wildman–Crippen MR) is 107 cm³/mol. The van der Waals surface area contributed by atoms with Gasteiger partial charge in [0.15, 0.2) is 11.5 Å². The quantitative estimate of drug-likeness (QED) is 0.507. The number of benzene rings is 2. The Kier molecular flexibility index (Phi) is 7.48. The summed E-state index contributed by atoms with van der Waals surface area (Å²) in [5.41, 5.74) is 4.13. The molecule has 2 rings (SSSR count). The molecular weight excluding hydrogens is 420 g/mol. The van der Waals surface area contributed by atoms with Crippen LogP contribution in [-0.2, 0) is 11.2 Å². The molecule has 0 atom stereocenters. The second-order valence-electron chi connectivity index (χ2n) is 5.80. The number of halogens is 2. The molecule has 0 saturated carbocycles. The highest BCUT2D eigenvalue weighted by molar-refractivity contribution is 9.10. The number of ether oxygens (including phenoxy) is 2. The van der Waals surface area contributed by atoms with Gasteiger partial charge >= 0.3 is 0 Å². The zero-order valence-electron chi connectivity index (χ0n) is 14.8. The van der Waals surface area contributed by atoms with E-state index in [0.717, 1.165) is 15.6 Å². The van der Waals surface area contributed by atoms with Gasteiger partial charge in [-0.05, 0) is 65.2 Å². The lowest BCUT2D eigenvalue weighted by molar-refractivity contribution is -0.120. The second-order valence-corrected chi connectivity index (χ2v) is 7.09.